The second kappa shape index (κ2) is 5.20. The third kappa shape index (κ3) is 3.34. The minimum absolute atomic E-state index is 0.00403. The van der Waals surface area contributed by atoms with Crippen LogP contribution in [0, 0.1) is 0 Å². The lowest BCUT2D eigenvalue weighted by molar-refractivity contribution is 0.0574. The first-order valence-corrected chi connectivity index (χ1v) is 7.90. The van der Waals surface area contributed by atoms with Gasteiger partial charge in [0.25, 0.3) is 0 Å². The second-order valence-electron chi connectivity index (χ2n) is 7.16. The van der Waals surface area contributed by atoms with Gasteiger partial charge in [-0.05, 0) is 66.2 Å². The van der Waals surface area contributed by atoms with Crippen LogP contribution in [0.2, 0.25) is 0 Å². The third-order valence-corrected chi connectivity index (χ3v) is 4.40. The Morgan fingerprint density at radius 2 is 2.00 bits per heavy atom. The molecule has 0 atom stereocenters. The Labute approximate surface area is 134 Å². The number of nitrogens with zero attached hydrogens (tertiary/aromatic N) is 1. The molecular formula is C16H23BrN2O2. The van der Waals surface area contributed by atoms with Gasteiger partial charge in [0, 0.05) is 16.7 Å². The molecule has 0 radical (unpaired) electrons. The molecule has 1 amide bonds. The minimum atomic E-state index is -0.509. The summed E-state index contributed by atoms with van der Waals surface area (Å²) in [4.78, 5) is 14.1. The number of hydrogen-bond acceptors (Lipinski definition) is 3. The van der Waals surface area contributed by atoms with Gasteiger partial charge in [0.15, 0.2) is 0 Å². The highest BCUT2D eigenvalue weighted by Crippen LogP contribution is 2.43. The smallest absolute Gasteiger partial charge is 0.414 e. The number of carbonyl (C=O) groups is 1. The summed E-state index contributed by atoms with van der Waals surface area (Å²) in [6.07, 6.45) is 0.566. The van der Waals surface area contributed by atoms with Crippen LogP contribution >= 0.6 is 15.9 Å². The van der Waals surface area contributed by atoms with Gasteiger partial charge in [-0.15, -0.1) is 0 Å². The molecule has 1 aliphatic rings. The summed E-state index contributed by atoms with van der Waals surface area (Å²) < 4.78 is 6.37. The standard InChI is InChI=1S/C16H23BrN2O2/c1-15(2,3)21-14(20)19-7-6-16(4,5)10-8-11(17)12(18)9-13(10)19/h8-9H,6-7,18H2,1-5H3. The number of ether oxygens (including phenoxy) is 1. The van der Waals surface area contributed by atoms with Gasteiger partial charge in [-0.25, -0.2) is 4.79 Å². The van der Waals surface area contributed by atoms with Gasteiger partial charge in [-0.2, -0.15) is 0 Å². The van der Waals surface area contributed by atoms with E-state index in [2.05, 4.69) is 29.8 Å². The van der Waals surface area contributed by atoms with Crippen molar-refractivity contribution in [2.24, 2.45) is 0 Å². The van der Waals surface area contributed by atoms with Crippen molar-refractivity contribution in [3.05, 3.63) is 22.2 Å². The molecule has 0 bridgehead atoms. The first-order valence-electron chi connectivity index (χ1n) is 7.11. The number of anilines is 2. The molecule has 0 aliphatic carbocycles. The van der Waals surface area contributed by atoms with Gasteiger partial charge < -0.3 is 10.5 Å². The van der Waals surface area contributed by atoms with Gasteiger partial charge in [0.05, 0.1) is 5.69 Å². The summed E-state index contributed by atoms with van der Waals surface area (Å²) in [6.45, 7) is 10.6. The molecule has 5 heteroatoms. The van der Waals surface area contributed by atoms with Crippen molar-refractivity contribution in [1.29, 1.82) is 0 Å². The highest BCUT2D eigenvalue weighted by Gasteiger charge is 2.36. The zero-order chi connectivity index (χ0) is 16.0. The van der Waals surface area contributed by atoms with Gasteiger partial charge in [-0.3, -0.25) is 4.90 Å². The Morgan fingerprint density at radius 3 is 2.57 bits per heavy atom. The molecule has 0 aromatic heterocycles. The number of nitrogens with two attached hydrogens (primary N) is 1. The molecule has 116 valence electrons. The average Bonchev–Trinajstić information content (AvgIpc) is 2.29. The molecule has 2 rings (SSSR count). The number of amides is 1. The summed E-state index contributed by atoms with van der Waals surface area (Å²) >= 11 is 3.47. The average molecular weight is 355 g/mol. The highest BCUT2D eigenvalue weighted by atomic mass is 79.9. The molecule has 4 nitrogen and oxygen atoms in total. The van der Waals surface area contributed by atoms with Crippen molar-refractivity contribution in [3.63, 3.8) is 0 Å². The predicted octanol–water partition coefficient (Wildman–Crippen LogP) is 4.45. The quantitative estimate of drug-likeness (QED) is 0.700. The highest BCUT2D eigenvalue weighted by molar-refractivity contribution is 9.10. The van der Waals surface area contributed by atoms with Crippen molar-refractivity contribution in [2.75, 3.05) is 17.2 Å². The van der Waals surface area contributed by atoms with E-state index in [0.717, 1.165) is 22.1 Å². The second-order valence-corrected chi connectivity index (χ2v) is 8.01. The molecule has 0 spiro atoms. The van der Waals surface area contributed by atoms with Crippen LogP contribution in [0.3, 0.4) is 0 Å². The SMILES string of the molecule is CC(C)(C)OC(=O)N1CCC(C)(C)c2cc(Br)c(N)cc21. The zero-order valence-corrected chi connectivity index (χ0v) is 14.9. The first-order chi connectivity index (χ1) is 9.51. The summed E-state index contributed by atoms with van der Waals surface area (Å²) in [7, 11) is 0. The lowest BCUT2D eigenvalue weighted by Crippen LogP contribution is -2.43. The fourth-order valence-electron chi connectivity index (χ4n) is 2.50. The maximum atomic E-state index is 12.4. The molecular weight excluding hydrogens is 332 g/mol. The third-order valence-electron chi connectivity index (χ3n) is 3.71. The molecule has 21 heavy (non-hydrogen) atoms. The Balaban J connectivity index is 2.45. The number of rotatable bonds is 0. The number of halogens is 1. The maximum Gasteiger partial charge on any atom is 0.414 e. The Bertz CT molecular complexity index is 576. The van der Waals surface area contributed by atoms with Crippen molar-refractivity contribution in [3.8, 4) is 0 Å². The topological polar surface area (TPSA) is 55.6 Å². The van der Waals surface area contributed by atoms with E-state index in [4.69, 9.17) is 10.5 Å². The van der Waals surface area contributed by atoms with Gasteiger partial charge in [0.1, 0.15) is 5.60 Å². The Kier molecular flexibility index (Phi) is 4.00. The normalized spacial score (nSPS) is 17.3. The van der Waals surface area contributed by atoms with E-state index in [0.29, 0.717) is 12.2 Å². The van der Waals surface area contributed by atoms with Crippen molar-refractivity contribution in [1.82, 2.24) is 0 Å². The van der Waals surface area contributed by atoms with E-state index in [1.54, 1.807) is 4.90 Å². The summed E-state index contributed by atoms with van der Waals surface area (Å²) in [5.41, 5.74) is 8.08. The summed E-state index contributed by atoms with van der Waals surface area (Å²) in [5, 5.41) is 0. The van der Waals surface area contributed by atoms with Crippen LogP contribution < -0.4 is 10.6 Å². The van der Waals surface area contributed by atoms with Crippen LogP contribution in [-0.4, -0.2) is 18.2 Å². The fraction of sp³-hybridized carbons (Fsp3) is 0.562. The van der Waals surface area contributed by atoms with Crippen molar-refractivity contribution < 1.29 is 9.53 Å². The van der Waals surface area contributed by atoms with Gasteiger partial charge >= 0.3 is 6.09 Å². The van der Waals surface area contributed by atoms with Crippen LogP contribution in [0.15, 0.2) is 16.6 Å². The maximum absolute atomic E-state index is 12.4. The monoisotopic (exact) mass is 354 g/mol. The fourth-order valence-corrected chi connectivity index (χ4v) is 2.84. The number of hydrogen-bond donors (Lipinski definition) is 1. The number of fused-ring (bicyclic) bond motifs is 1. The molecule has 1 aromatic rings. The Hall–Kier alpha value is -1.23. The molecule has 0 fully saturated rings. The van der Waals surface area contributed by atoms with Crippen LogP contribution in [0.1, 0.15) is 46.6 Å². The number of nitrogen functional groups attached to an aromatic ring is 1. The van der Waals surface area contributed by atoms with E-state index in [1.165, 1.54) is 0 Å². The van der Waals surface area contributed by atoms with E-state index < -0.39 is 5.60 Å². The predicted molar refractivity (Wildman–Crippen MR) is 89.8 cm³/mol. The molecule has 1 aliphatic heterocycles. The molecule has 0 saturated heterocycles. The van der Waals surface area contributed by atoms with E-state index >= 15 is 0 Å². The molecule has 1 aromatic carbocycles. The Morgan fingerprint density at radius 1 is 1.38 bits per heavy atom. The van der Waals surface area contributed by atoms with E-state index in [1.807, 2.05) is 32.9 Å². The minimum Gasteiger partial charge on any atom is -0.443 e. The van der Waals surface area contributed by atoms with E-state index in [9.17, 15) is 4.79 Å². The van der Waals surface area contributed by atoms with Crippen LogP contribution in [0.5, 0.6) is 0 Å². The molecule has 0 saturated carbocycles. The van der Waals surface area contributed by atoms with Crippen molar-refractivity contribution in [2.45, 2.75) is 52.1 Å². The first kappa shape index (κ1) is 16.1. The lowest BCUT2D eigenvalue weighted by Gasteiger charge is -2.39. The molecule has 2 N–H and O–H groups in total. The van der Waals surface area contributed by atoms with Crippen LogP contribution in [0.25, 0.3) is 0 Å². The zero-order valence-electron chi connectivity index (χ0n) is 13.3. The summed E-state index contributed by atoms with van der Waals surface area (Å²) in [6, 6.07) is 3.87. The largest absolute Gasteiger partial charge is 0.443 e. The van der Waals surface area contributed by atoms with E-state index in [-0.39, 0.29) is 11.5 Å². The lowest BCUT2D eigenvalue weighted by atomic mass is 9.77. The molecule has 0 unspecified atom stereocenters. The molecule has 1 heterocycles. The van der Waals surface area contributed by atoms with Crippen LogP contribution in [-0.2, 0) is 10.2 Å². The summed E-state index contributed by atoms with van der Waals surface area (Å²) in [5.74, 6) is 0. The number of carbonyl (C=O) groups excluding carboxylic acids is 1. The van der Waals surface area contributed by atoms with Gasteiger partial charge in [-0.1, -0.05) is 13.8 Å². The van der Waals surface area contributed by atoms with Gasteiger partial charge in [0.2, 0.25) is 0 Å². The van der Waals surface area contributed by atoms with Crippen molar-refractivity contribution >= 4 is 33.4 Å². The number of benzene rings is 1. The van der Waals surface area contributed by atoms with Crippen LogP contribution in [0.4, 0.5) is 16.2 Å².